The summed E-state index contributed by atoms with van der Waals surface area (Å²) in [6, 6.07) is 0. The summed E-state index contributed by atoms with van der Waals surface area (Å²) in [5.74, 6) is 0.542. The van der Waals surface area contributed by atoms with Crippen LogP contribution in [0.1, 0.15) is 13.3 Å². The summed E-state index contributed by atoms with van der Waals surface area (Å²) in [4.78, 5) is 10.5. The lowest BCUT2D eigenvalue weighted by atomic mass is 10.1. The van der Waals surface area contributed by atoms with Crippen molar-refractivity contribution >= 4 is 5.78 Å². The second-order valence-electron chi connectivity index (χ2n) is 1.94. The van der Waals surface area contributed by atoms with Gasteiger partial charge in [-0.05, 0) is 12.5 Å². The molecule has 0 N–H and O–H groups in total. The van der Waals surface area contributed by atoms with Crippen LogP contribution in [0.5, 0.6) is 0 Å². The second-order valence-corrected chi connectivity index (χ2v) is 1.94. The van der Waals surface area contributed by atoms with Crippen molar-refractivity contribution in [2.45, 2.75) is 13.3 Å². The Hall–Kier alpha value is -0.590. The molecule has 1 nitrogen and oxygen atoms in total. The molecule has 1 atom stereocenters. The molecule has 1 rings (SSSR count). The smallest absolute Gasteiger partial charge is 0.158 e. The molecule has 1 aliphatic carbocycles. The number of carbonyl (C=O) groups is 1. The fourth-order valence-electron chi connectivity index (χ4n) is 0.669. The summed E-state index contributed by atoms with van der Waals surface area (Å²) in [6.07, 6.45) is 4.52. The van der Waals surface area contributed by atoms with Gasteiger partial charge in [-0.3, -0.25) is 4.79 Å². The molecule has 0 saturated heterocycles. The van der Waals surface area contributed by atoms with Crippen LogP contribution in [0.15, 0.2) is 12.2 Å². The Morgan fingerprint density at radius 1 is 1.86 bits per heavy atom. The van der Waals surface area contributed by atoms with Crippen LogP contribution in [-0.4, -0.2) is 5.78 Å². The Balaban J connectivity index is 2.62. The number of ketones is 1. The minimum Gasteiger partial charge on any atom is -0.295 e. The molecule has 0 amide bonds. The normalized spacial score (nSPS) is 29.3. The van der Waals surface area contributed by atoms with Crippen molar-refractivity contribution in [1.29, 1.82) is 0 Å². The monoisotopic (exact) mass is 96.1 g/mol. The molecule has 0 aromatic heterocycles. The van der Waals surface area contributed by atoms with Crippen LogP contribution in [-0.2, 0) is 4.79 Å². The molecule has 0 aliphatic heterocycles. The number of rotatable bonds is 0. The predicted octanol–water partition coefficient (Wildman–Crippen LogP) is 1.15. The minimum atomic E-state index is 0.264. The van der Waals surface area contributed by atoms with Gasteiger partial charge in [0.05, 0.1) is 0 Å². The predicted molar refractivity (Wildman–Crippen MR) is 27.9 cm³/mol. The number of hydrogen-bond acceptors (Lipinski definition) is 1. The highest BCUT2D eigenvalue weighted by Gasteiger charge is 2.11. The maximum absolute atomic E-state index is 10.5. The molecule has 0 radical (unpaired) electrons. The van der Waals surface area contributed by atoms with Crippen molar-refractivity contribution in [1.82, 2.24) is 0 Å². The van der Waals surface area contributed by atoms with Crippen LogP contribution in [0.25, 0.3) is 0 Å². The van der Waals surface area contributed by atoms with Gasteiger partial charge < -0.3 is 0 Å². The minimum absolute atomic E-state index is 0.264. The fourth-order valence-corrected chi connectivity index (χ4v) is 0.669. The average Bonchev–Trinajstić information content (AvgIpc) is 1.91. The highest BCUT2D eigenvalue weighted by Crippen LogP contribution is 2.11. The molecule has 0 saturated carbocycles. The van der Waals surface area contributed by atoms with E-state index >= 15 is 0 Å². The number of carbonyl (C=O) groups excluding carboxylic acids is 1. The van der Waals surface area contributed by atoms with Crippen molar-refractivity contribution in [2.75, 3.05) is 0 Å². The van der Waals surface area contributed by atoms with E-state index in [4.69, 9.17) is 0 Å². The summed E-state index contributed by atoms with van der Waals surface area (Å²) in [5.41, 5.74) is 0. The van der Waals surface area contributed by atoms with Gasteiger partial charge in [-0.1, -0.05) is 13.0 Å². The molecule has 0 bridgehead atoms. The maximum atomic E-state index is 10.5. The first-order chi connectivity index (χ1) is 3.30. The summed E-state index contributed by atoms with van der Waals surface area (Å²) in [6.45, 7) is 1.95. The highest BCUT2D eigenvalue weighted by atomic mass is 16.1. The first kappa shape index (κ1) is 4.57. The van der Waals surface area contributed by atoms with Gasteiger partial charge in [-0.25, -0.2) is 0 Å². The zero-order valence-electron chi connectivity index (χ0n) is 4.35. The number of hydrogen-bond donors (Lipinski definition) is 0. The van der Waals surface area contributed by atoms with Crippen molar-refractivity contribution in [3.8, 4) is 0 Å². The van der Waals surface area contributed by atoms with Crippen molar-refractivity contribution in [2.24, 2.45) is 5.92 Å². The largest absolute Gasteiger partial charge is 0.295 e. The summed E-state index contributed by atoms with van der Waals surface area (Å²) >= 11 is 0. The Bertz CT molecular complexity index is 113. The Kier molecular flexibility index (Phi) is 0.970. The zero-order valence-corrected chi connectivity index (χ0v) is 4.35. The van der Waals surface area contributed by atoms with Gasteiger partial charge in [-0.15, -0.1) is 0 Å². The van der Waals surface area contributed by atoms with E-state index in [0.717, 1.165) is 6.42 Å². The van der Waals surface area contributed by atoms with E-state index in [1.54, 1.807) is 6.08 Å². The zero-order chi connectivity index (χ0) is 5.28. The summed E-state index contributed by atoms with van der Waals surface area (Å²) < 4.78 is 0. The van der Waals surface area contributed by atoms with E-state index < -0.39 is 0 Å². The van der Waals surface area contributed by atoms with Gasteiger partial charge in [0.15, 0.2) is 5.78 Å². The Morgan fingerprint density at radius 3 is 2.71 bits per heavy atom. The standard InChI is InChI=1S/C6H8O/c1-5-3-2-4-6(5)7/h2,4-5H,3H2,1H3/t5-/m0/s1. The van der Waals surface area contributed by atoms with Crippen LogP contribution in [0.3, 0.4) is 0 Å². The van der Waals surface area contributed by atoms with E-state index in [2.05, 4.69) is 0 Å². The summed E-state index contributed by atoms with van der Waals surface area (Å²) in [7, 11) is 0. The molecule has 7 heavy (non-hydrogen) atoms. The lowest BCUT2D eigenvalue weighted by Gasteiger charge is -1.91. The van der Waals surface area contributed by atoms with Gasteiger partial charge in [0.2, 0.25) is 0 Å². The lowest BCUT2D eigenvalue weighted by molar-refractivity contribution is -0.116. The third-order valence-electron chi connectivity index (χ3n) is 1.26. The van der Waals surface area contributed by atoms with Gasteiger partial charge in [0.1, 0.15) is 0 Å². The van der Waals surface area contributed by atoms with Crippen LogP contribution < -0.4 is 0 Å². The van der Waals surface area contributed by atoms with E-state index in [0.29, 0.717) is 0 Å². The molecular weight excluding hydrogens is 88.1 g/mol. The molecule has 38 valence electrons. The van der Waals surface area contributed by atoms with Crippen molar-refractivity contribution < 1.29 is 4.79 Å². The molecule has 1 heteroatoms. The number of allylic oxidation sites excluding steroid dienone is 2. The van der Waals surface area contributed by atoms with E-state index in [-0.39, 0.29) is 11.7 Å². The second kappa shape index (κ2) is 1.49. The van der Waals surface area contributed by atoms with Gasteiger partial charge in [0, 0.05) is 5.92 Å². The van der Waals surface area contributed by atoms with Gasteiger partial charge in [0.25, 0.3) is 0 Å². The van der Waals surface area contributed by atoms with Crippen LogP contribution >= 0.6 is 0 Å². The quantitative estimate of drug-likeness (QED) is 0.442. The third-order valence-corrected chi connectivity index (χ3v) is 1.26. The van der Waals surface area contributed by atoms with Crippen LogP contribution in [0, 0.1) is 5.92 Å². The molecule has 0 spiro atoms. The lowest BCUT2D eigenvalue weighted by Crippen LogP contribution is -1.98. The van der Waals surface area contributed by atoms with Gasteiger partial charge >= 0.3 is 0 Å². The van der Waals surface area contributed by atoms with Crippen molar-refractivity contribution in [3.05, 3.63) is 12.2 Å². The fraction of sp³-hybridized carbons (Fsp3) is 0.500. The molecule has 1 aliphatic rings. The Morgan fingerprint density at radius 2 is 2.57 bits per heavy atom. The molecular formula is C6H8O. The van der Waals surface area contributed by atoms with Gasteiger partial charge in [-0.2, -0.15) is 0 Å². The summed E-state index contributed by atoms with van der Waals surface area (Å²) in [5, 5.41) is 0. The highest BCUT2D eigenvalue weighted by molar-refractivity contribution is 5.93. The average molecular weight is 96.1 g/mol. The van der Waals surface area contributed by atoms with Crippen LogP contribution in [0.2, 0.25) is 0 Å². The molecule has 0 heterocycles. The van der Waals surface area contributed by atoms with E-state index in [1.165, 1.54) is 0 Å². The van der Waals surface area contributed by atoms with E-state index in [9.17, 15) is 4.79 Å². The van der Waals surface area contributed by atoms with Crippen molar-refractivity contribution in [3.63, 3.8) is 0 Å². The molecule has 0 unspecified atom stereocenters. The third kappa shape index (κ3) is 0.710. The first-order valence-corrected chi connectivity index (χ1v) is 2.51. The first-order valence-electron chi connectivity index (χ1n) is 2.51. The van der Waals surface area contributed by atoms with Crippen LogP contribution in [0.4, 0.5) is 0 Å². The van der Waals surface area contributed by atoms with E-state index in [1.807, 2.05) is 13.0 Å². The molecule has 0 fully saturated rings. The Labute approximate surface area is 43.0 Å². The topological polar surface area (TPSA) is 17.1 Å². The molecule has 0 aromatic carbocycles. The maximum Gasteiger partial charge on any atom is 0.158 e. The SMILES string of the molecule is C[C@H]1CC=CC1=O. The molecule has 0 aromatic rings.